The fourth-order valence-electron chi connectivity index (χ4n) is 12.7. The van der Waals surface area contributed by atoms with Crippen molar-refractivity contribution in [2.24, 2.45) is 0 Å². The molecule has 1 aromatic heterocycles. The van der Waals surface area contributed by atoms with Crippen molar-refractivity contribution >= 4 is 21.5 Å². The first kappa shape index (κ1) is 36.7. The smallest absolute Gasteiger partial charge is 0.221 e. The molecule has 0 amide bonds. The van der Waals surface area contributed by atoms with Gasteiger partial charge in [-0.2, -0.15) is 4.57 Å². The second kappa shape index (κ2) is 13.1. The number of nitrogens with zero attached hydrogens (tertiary/aromatic N) is 4. The second-order valence-electron chi connectivity index (χ2n) is 20.4. The van der Waals surface area contributed by atoms with E-state index in [1.807, 2.05) is 0 Å². The molecule has 4 heteroatoms. The highest BCUT2D eigenvalue weighted by Crippen LogP contribution is 2.64. The van der Waals surface area contributed by atoms with Crippen LogP contribution in [0.2, 0.25) is 0 Å². The fraction of sp³-hybridized carbons (Fsp3) is 0.444. The van der Waals surface area contributed by atoms with Crippen molar-refractivity contribution in [2.45, 2.75) is 153 Å². The van der Waals surface area contributed by atoms with Crippen LogP contribution in [0.15, 0.2) is 97.3 Å². The topological polar surface area (TPSA) is 23.2 Å². The van der Waals surface area contributed by atoms with Gasteiger partial charge >= 0.3 is 0 Å². The Balaban J connectivity index is 1.28. The molecule has 11 rings (SSSR count). The Bertz CT molecular complexity index is 2570. The fourth-order valence-corrected chi connectivity index (χ4v) is 12.7. The van der Waals surface area contributed by atoms with Gasteiger partial charge in [-0.25, -0.2) is 9.80 Å². The quantitative estimate of drug-likeness (QED) is 0.167. The van der Waals surface area contributed by atoms with Crippen molar-refractivity contribution in [3.8, 4) is 22.5 Å². The van der Waals surface area contributed by atoms with E-state index in [1.165, 1.54) is 142 Å². The first-order valence-corrected chi connectivity index (χ1v) is 22.7. The highest BCUT2D eigenvalue weighted by atomic mass is 15.7. The Hall–Kier alpha value is -4.38. The van der Waals surface area contributed by atoms with Gasteiger partial charge in [-0.15, -0.1) is 0 Å². The van der Waals surface area contributed by atoms with Gasteiger partial charge < -0.3 is 0 Å². The summed E-state index contributed by atoms with van der Waals surface area (Å²) in [6, 6.07) is 36.5. The summed E-state index contributed by atoms with van der Waals surface area (Å²) in [5.41, 5.74) is 13.8. The predicted molar refractivity (Wildman–Crippen MR) is 239 cm³/mol. The van der Waals surface area contributed by atoms with Crippen LogP contribution in [0, 0.1) is 0 Å². The van der Waals surface area contributed by atoms with Gasteiger partial charge in [0.15, 0.2) is 5.69 Å². The molecule has 3 fully saturated rings. The highest BCUT2D eigenvalue weighted by molar-refractivity contribution is 6.06. The molecule has 3 heterocycles. The molecule has 2 saturated carbocycles. The predicted octanol–water partition coefficient (Wildman–Crippen LogP) is 13.0. The lowest BCUT2D eigenvalue weighted by molar-refractivity contribution is -0.824. The number of hydrogen-bond donors (Lipinski definition) is 0. The van der Waals surface area contributed by atoms with Crippen molar-refractivity contribution in [1.82, 2.24) is 14.8 Å². The SMILES string of the molecule is CC(C)c1cc2ccccc2c2c1C(C)(C)c1c-2nc[n+]2c1-c1c(ccc3cc(C(C)(C)C)ccc13)C21N(C2CCCCC2)C(c2ccccc2)N1C1CCCCC1. The maximum Gasteiger partial charge on any atom is 0.290 e. The largest absolute Gasteiger partial charge is 0.290 e. The summed E-state index contributed by atoms with van der Waals surface area (Å²) in [6.45, 7) is 16.8. The zero-order valence-electron chi connectivity index (χ0n) is 35.9. The Labute approximate surface area is 346 Å². The zero-order chi connectivity index (χ0) is 39.7. The molecule has 5 aliphatic rings. The van der Waals surface area contributed by atoms with Crippen LogP contribution in [-0.4, -0.2) is 26.9 Å². The molecule has 1 spiro atoms. The van der Waals surface area contributed by atoms with E-state index in [-0.39, 0.29) is 17.0 Å². The number of rotatable bonds is 4. The summed E-state index contributed by atoms with van der Waals surface area (Å²) in [7, 11) is 0. The van der Waals surface area contributed by atoms with Gasteiger partial charge in [-0.1, -0.05) is 178 Å². The van der Waals surface area contributed by atoms with Gasteiger partial charge in [0.05, 0.1) is 11.7 Å². The molecule has 2 aliphatic heterocycles. The number of aromatic nitrogens is 2. The van der Waals surface area contributed by atoms with Crippen molar-refractivity contribution in [2.75, 3.05) is 0 Å². The Morgan fingerprint density at radius 2 is 1.29 bits per heavy atom. The summed E-state index contributed by atoms with van der Waals surface area (Å²) in [5.74, 6) is -0.0770. The first-order chi connectivity index (χ1) is 28.0. The minimum Gasteiger partial charge on any atom is -0.221 e. The van der Waals surface area contributed by atoms with Crippen LogP contribution in [0.3, 0.4) is 0 Å². The molecular weight excluding hydrogens is 705 g/mol. The summed E-state index contributed by atoms with van der Waals surface area (Å²) in [6.07, 6.45) is 15.4. The van der Waals surface area contributed by atoms with Crippen molar-refractivity contribution < 1.29 is 4.57 Å². The van der Waals surface area contributed by atoms with Crippen LogP contribution >= 0.6 is 0 Å². The average Bonchev–Trinajstić information content (AvgIpc) is 3.67. The standard InChI is InChI=1S/C54H61N4/c1-34(2)43-32-36-21-17-18-26-41(36)46-47(43)53(6,7)48-49(46)55-33-56-50(48)45-42-29-28-38(52(3,4)5)31-37(42)27-30-44(45)54(56)57(39-22-13-9-14-23-39)51(35-19-11-8-12-20-35)58(54)40-24-15-10-16-25-40/h8,11-12,17-21,26-34,39-40,51H,9-10,13-16,22-25H2,1-7H3/q+1. The highest BCUT2D eigenvalue weighted by Gasteiger charge is 2.72. The van der Waals surface area contributed by atoms with E-state index in [2.05, 4.69) is 160 Å². The van der Waals surface area contributed by atoms with E-state index in [1.54, 1.807) is 0 Å². The van der Waals surface area contributed by atoms with Gasteiger partial charge in [-0.3, -0.25) is 0 Å². The summed E-state index contributed by atoms with van der Waals surface area (Å²) < 4.78 is 2.75. The van der Waals surface area contributed by atoms with Crippen LogP contribution in [0.25, 0.3) is 44.1 Å². The van der Waals surface area contributed by atoms with Crippen LogP contribution in [0.5, 0.6) is 0 Å². The summed E-state index contributed by atoms with van der Waals surface area (Å²) in [5, 5.41) is 5.36. The zero-order valence-corrected chi connectivity index (χ0v) is 35.9. The van der Waals surface area contributed by atoms with E-state index in [0.29, 0.717) is 18.0 Å². The Morgan fingerprint density at radius 3 is 1.95 bits per heavy atom. The third kappa shape index (κ3) is 4.94. The number of fused-ring (bicyclic) bond motifs is 13. The third-order valence-corrected chi connectivity index (χ3v) is 15.3. The van der Waals surface area contributed by atoms with E-state index >= 15 is 0 Å². The van der Waals surface area contributed by atoms with E-state index in [0.717, 1.165) is 0 Å². The molecule has 5 aromatic carbocycles. The number of hydrogen-bond acceptors (Lipinski definition) is 3. The van der Waals surface area contributed by atoms with Crippen LogP contribution in [0.4, 0.5) is 0 Å². The summed E-state index contributed by atoms with van der Waals surface area (Å²) >= 11 is 0. The maximum absolute atomic E-state index is 5.77. The molecule has 3 aliphatic carbocycles. The molecule has 6 aromatic rings. The first-order valence-electron chi connectivity index (χ1n) is 22.7. The van der Waals surface area contributed by atoms with Gasteiger partial charge in [-0.05, 0) is 85.8 Å². The molecule has 0 atom stereocenters. The molecule has 4 nitrogen and oxygen atoms in total. The molecule has 0 radical (unpaired) electrons. The molecule has 1 saturated heterocycles. The molecule has 0 unspecified atom stereocenters. The van der Waals surface area contributed by atoms with Crippen LogP contribution in [0.1, 0.15) is 158 Å². The van der Waals surface area contributed by atoms with Crippen molar-refractivity contribution in [1.29, 1.82) is 0 Å². The van der Waals surface area contributed by atoms with E-state index in [9.17, 15) is 0 Å². The maximum atomic E-state index is 5.77. The Kier molecular flexibility index (Phi) is 8.26. The van der Waals surface area contributed by atoms with Crippen molar-refractivity contribution in [3.05, 3.63) is 131 Å². The summed E-state index contributed by atoms with van der Waals surface area (Å²) in [4.78, 5) is 11.8. The number of benzene rings is 5. The lowest BCUT2D eigenvalue weighted by Crippen LogP contribution is -2.86. The average molecular weight is 766 g/mol. The minimum atomic E-state index is -0.470. The van der Waals surface area contributed by atoms with Gasteiger partial charge in [0.25, 0.3) is 12.1 Å². The Morgan fingerprint density at radius 1 is 0.672 bits per heavy atom. The van der Waals surface area contributed by atoms with Gasteiger partial charge in [0, 0.05) is 34.2 Å². The normalized spacial score (nSPS) is 23.3. The minimum absolute atomic E-state index is 0.0661. The molecular formula is C54H61N4+. The molecule has 296 valence electrons. The lowest BCUT2D eigenvalue weighted by Gasteiger charge is -2.67. The van der Waals surface area contributed by atoms with E-state index < -0.39 is 5.79 Å². The van der Waals surface area contributed by atoms with Gasteiger partial charge in [0.2, 0.25) is 0 Å². The van der Waals surface area contributed by atoms with E-state index in [4.69, 9.17) is 4.98 Å². The monoisotopic (exact) mass is 765 g/mol. The van der Waals surface area contributed by atoms with Gasteiger partial charge in [0.1, 0.15) is 5.69 Å². The lowest BCUT2D eigenvalue weighted by atomic mass is 9.75. The van der Waals surface area contributed by atoms with Crippen LogP contribution < -0.4 is 4.57 Å². The van der Waals surface area contributed by atoms with Crippen LogP contribution in [-0.2, 0) is 16.6 Å². The molecule has 0 N–H and O–H groups in total. The van der Waals surface area contributed by atoms with Crippen molar-refractivity contribution in [3.63, 3.8) is 0 Å². The molecule has 58 heavy (non-hydrogen) atoms. The molecule has 0 bridgehead atoms. The third-order valence-electron chi connectivity index (χ3n) is 15.3. The second-order valence-corrected chi connectivity index (χ2v) is 20.4.